The number of nitrogens with zero attached hydrogens (tertiary/aromatic N) is 3. The van der Waals surface area contributed by atoms with E-state index in [1.165, 1.54) is 24.0 Å². The Morgan fingerprint density at radius 1 is 1.29 bits per heavy atom. The summed E-state index contributed by atoms with van der Waals surface area (Å²) in [5.74, 6) is 2.18. The summed E-state index contributed by atoms with van der Waals surface area (Å²) in [5, 5.41) is 7.17. The quantitative estimate of drug-likeness (QED) is 0.433. The number of aryl methyl sites for hydroxylation is 1. The van der Waals surface area contributed by atoms with Gasteiger partial charge in [-0.1, -0.05) is 17.3 Å². The summed E-state index contributed by atoms with van der Waals surface area (Å²) in [5.41, 5.74) is 9.87. The van der Waals surface area contributed by atoms with E-state index in [-0.39, 0.29) is 24.0 Å². The van der Waals surface area contributed by atoms with Gasteiger partial charge in [-0.05, 0) is 55.7 Å². The molecule has 0 spiro atoms. The molecule has 2 aromatic rings. The summed E-state index contributed by atoms with van der Waals surface area (Å²) in [6.45, 7) is 0.337. The van der Waals surface area contributed by atoms with Crippen molar-refractivity contribution in [2.75, 3.05) is 5.32 Å². The number of benzene rings is 1. The minimum atomic E-state index is 0. The van der Waals surface area contributed by atoms with Crippen molar-refractivity contribution in [3.63, 3.8) is 0 Å². The van der Waals surface area contributed by atoms with Crippen LogP contribution in [0.25, 0.3) is 0 Å². The van der Waals surface area contributed by atoms with Crippen molar-refractivity contribution in [1.82, 2.24) is 10.1 Å². The van der Waals surface area contributed by atoms with Gasteiger partial charge in [-0.25, -0.2) is 4.99 Å². The molecule has 1 aromatic carbocycles. The molecule has 24 heavy (non-hydrogen) atoms. The lowest BCUT2D eigenvalue weighted by molar-refractivity contribution is 0.374. The molecule has 0 unspecified atom stereocenters. The molecule has 1 heterocycles. The van der Waals surface area contributed by atoms with Gasteiger partial charge < -0.3 is 15.6 Å². The second-order valence-electron chi connectivity index (χ2n) is 6.30. The van der Waals surface area contributed by atoms with E-state index < -0.39 is 0 Å². The normalized spacial score (nSPS) is 17.1. The van der Waals surface area contributed by atoms with Crippen molar-refractivity contribution < 1.29 is 4.52 Å². The van der Waals surface area contributed by atoms with Crippen LogP contribution in [0.1, 0.15) is 54.4 Å². The Hall–Kier alpha value is -1.64. The molecule has 1 aromatic heterocycles. The largest absolute Gasteiger partial charge is 0.370 e. The SMILES string of the molecule is I.NC(=NCc1noc(C2CC2)n1)Nc1cccc2c1CCCC2. The van der Waals surface area contributed by atoms with Gasteiger partial charge in [0, 0.05) is 11.6 Å². The number of aliphatic imine (C=N–C) groups is 1. The molecule has 6 nitrogen and oxygen atoms in total. The number of guanidine groups is 1. The summed E-state index contributed by atoms with van der Waals surface area (Å²) >= 11 is 0. The maximum absolute atomic E-state index is 6.02. The van der Waals surface area contributed by atoms with Crippen LogP contribution in [0.2, 0.25) is 0 Å². The Kier molecular flexibility index (Phi) is 5.37. The van der Waals surface area contributed by atoms with E-state index in [1.807, 2.05) is 0 Å². The number of anilines is 1. The fraction of sp³-hybridized carbons (Fsp3) is 0.471. The summed E-state index contributed by atoms with van der Waals surface area (Å²) < 4.78 is 5.22. The minimum absolute atomic E-state index is 0. The summed E-state index contributed by atoms with van der Waals surface area (Å²) in [7, 11) is 0. The molecule has 2 aliphatic rings. The average molecular weight is 439 g/mol. The van der Waals surface area contributed by atoms with Crippen LogP contribution < -0.4 is 11.1 Å². The second-order valence-corrected chi connectivity index (χ2v) is 6.30. The molecule has 4 rings (SSSR count). The lowest BCUT2D eigenvalue weighted by Gasteiger charge is -2.19. The van der Waals surface area contributed by atoms with Crippen LogP contribution in [-0.2, 0) is 19.4 Å². The van der Waals surface area contributed by atoms with Crippen molar-refractivity contribution in [1.29, 1.82) is 0 Å². The van der Waals surface area contributed by atoms with Crippen LogP contribution in [0.15, 0.2) is 27.7 Å². The van der Waals surface area contributed by atoms with Crippen molar-refractivity contribution in [2.45, 2.75) is 51.0 Å². The summed E-state index contributed by atoms with van der Waals surface area (Å²) in [6.07, 6.45) is 7.04. The lowest BCUT2D eigenvalue weighted by atomic mass is 9.90. The first kappa shape index (κ1) is 17.2. The summed E-state index contributed by atoms with van der Waals surface area (Å²) in [4.78, 5) is 8.68. The molecule has 0 radical (unpaired) electrons. The molecule has 2 aliphatic carbocycles. The lowest BCUT2D eigenvalue weighted by Crippen LogP contribution is -2.24. The van der Waals surface area contributed by atoms with Gasteiger partial charge in [0.1, 0.15) is 6.54 Å². The number of nitrogens with one attached hydrogen (secondary N) is 1. The van der Waals surface area contributed by atoms with Gasteiger partial charge in [0.15, 0.2) is 11.8 Å². The Morgan fingerprint density at radius 2 is 2.12 bits per heavy atom. The zero-order chi connectivity index (χ0) is 15.6. The van der Waals surface area contributed by atoms with Crippen LogP contribution in [0.4, 0.5) is 5.69 Å². The third-order valence-electron chi connectivity index (χ3n) is 4.46. The molecule has 0 saturated heterocycles. The first-order chi connectivity index (χ1) is 11.3. The van der Waals surface area contributed by atoms with E-state index in [0.717, 1.165) is 37.3 Å². The molecule has 0 atom stereocenters. The van der Waals surface area contributed by atoms with Crippen molar-refractivity contribution in [2.24, 2.45) is 10.7 Å². The van der Waals surface area contributed by atoms with Crippen LogP contribution in [0.5, 0.6) is 0 Å². The van der Waals surface area contributed by atoms with Gasteiger partial charge in [-0.15, -0.1) is 24.0 Å². The number of hydrogen-bond acceptors (Lipinski definition) is 4. The number of nitrogens with two attached hydrogens (primary N) is 1. The molecule has 0 amide bonds. The number of aromatic nitrogens is 2. The van der Waals surface area contributed by atoms with Crippen molar-refractivity contribution in [3.8, 4) is 0 Å². The number of fused-ring (bicyclic) bond motifs is 1. The zero-order valence-electron chi connectivity index (χ0n) is 13.5. The van der Waals surface area contributed by atoms with Crippen LogP contribution in [0, 0.1) is 0 Å². The van der Waals surface area contributed by atoms with E-state index in [9.17, 15) is 0 Å². The maximum Gasteiger partial charge on any atom is 0.229 e. The molecule has 1 fully saturated rings. The van der Waals surface area contributed by atoms with E-state index in [1.54, 1.807) is 0 Å². The van der Waals surface area contributed by atoms with E-state index in [4.69, 9.17) is 10.3 Å². The molecule has 128 valence electrons. The topological polar surface area (TPSA) is 89.3 Å². The highest BCUT2D eigenvalue weighted by Crippen LogP contribution is 2.38. The monoisotopic (exact) mass is 439 g/mol. The van der Waals surface area contributed by atoms with Crippen molar-refractivity contribution >= 4 is 35.6 Å². The third-order valence-corrected chi connectivity index (χ3v) is 4.46. The predicted molar refractivity (Wildman–Crippen MR) is 104 cm³/mol. The second kappa shape index (κ2) is 7.50. The van der Waals surface area contributed by atoms with E-state index in [2.05, 4.69) is 38.6 Å². The average Bonchev–Trinajstić information content (AvgIpc) is 3.32. The van der Waals surface area contributed by atoms with Gasteiger partial charge in [-0.3, -0.25) is 0 Å². The molecule has 0 bridgehead atoms. The van der Waals surface area contributed by atoms with Gasteiger partial charge in [-0.2, -0.15) is 4.98 Å². The number of hydrogen-bond donors (Lipinski definition) is 2. The zero-order valence-corrected chi connectivity index (χ0v) is 15.8. The van der Waals surface area contributed by atoms with Gasteiger partial charge in [0.25, 0.3) is 0 Å². The maximum atomic E-state index is 6.02. The van der Waals surface area contributed by atoms with Crippen LogP contribution in [-0.4, -0.2) is 16.1 Å². The smallest absolute Gasteiger partial charge is 0.229 e. The molecule has 1 saturated carbocycles. The van der Waals surface area contributed by atoms with Gasteiger partial charge >= 0.3 is 0 Å². The highest BCUT2D eigenvalue weighted by Gasteiger charge is 2.29. The molecule has 7 heteroatoms. The van der Waals surface area contributed by atoms with Gasteiger partial charge in [0.2, 0.25) is 5.89 Å². The Labute approximate surface area is 158 Å². The van der Waals surface area contributed by atoms with Crippen LogP contribution >= 0.6 is 24.0 Å². The third kappa shape index (κ3) is 3.88. The molecular formula is C17H22IN5O. The standard InChI is InChI=1S/C17H21N5O.HI/c18-17(19-10-15-21-16(23-22-15)12-8-9-12)20-14-7-3-5-11-4-1-2-6-13(11)14;/h3,5,7,12H,1-2,4,6,8-10H2,(H3,18,19,20);1H. The minimum Gasteiger partial charge on any atom is -0.370 e. The first-order valence-corrected chi connectivity index (χ1v) is 8.30. The molecular weight excluding hydrogens is 417 g/mol. The highest BCUT2D eigenvalue weighted by molar-refractivity contribution is 14.0. The Morgan fingerprint density at radius 3 is 2.96 bits per heavy atom. The van der Waals surface area contributed by atoms with Crippen LogP contribution in [0.3, 0.4) is 0 Å². The van der Waals surface area contributed by atoms with Gasteiger partial charge in [0.05, 0.1) is 0 Å². The number of halogens is 1. The predicted octanol–water partition coefficient (Wildman–Crippen LogP) is 3.37. The number of rotatable bonds is 4. The Bertz CT molecular complexity index is 738. The Balaban J connectivity index is 0.00000169. The first-order valence-electron chi connectivity index (χ1n) is 8.30. The van der Waals surface area contributed by atoms with Crippen molar-refractivity contribution in [3.05, 3.63) is 41.0 Å². The van der Waals surface area contributed by atoms with E-state index in [0.29, 0.717) is 24.2 Å². The van der Waals surface area contributed by atoms with E-state index >= 15 is 0 Å². The summed E-state index contributed by atoms with van der Waals surface area (Å²) in [6, 6.07) is 6.33. The molecule has 3 N–H and O–H groups in total. The highest BCUT2D eigenvalue weighted by atomic mass is 127. The fourth-order valence-corrected chi connectivity index (χ4v) is 3.06. The molecule has 0 aliphatic heterocycles. The fourth-order valence-electron chi connectivity index (χ4n) is 3.06.